The second-order valence-electron chi connectivity index (χ2n) is 10.6. The van der Waals surface area contributed by atoms with Gasteiger partial charge in [0.15, 0.2) is 0 Å². The molecule has 7 nitrogen and oxygen atoms in total. The van der Waals surface area contributed by atoms with Gasteiger partial charge >= 0.3 is 4.87 Å². The first-order valence-electron chi connectivity index (χ1n) is 12.6. The largest absolute Gasteiger partial charge is 0.325 e. The maximum Gasteiger partial charge on any atom is 0.305 e. The minimum absolute atomic E-state index is 0.0175. The van der Waals surface area contributed by atoms with Gasteiger partial charge in [0, 0.05) is 21.7 Å². The summed E-state index contributed by atoms with van der Waals surface area (Å²) in [6.45, 7) is 1.68. The summed E-state index contributed by atoms with van der Waals surface area (Å²) >= 11 is 2.93. The van der Waals surface area contributed by atoms with Crippen molar-refractivity contribution in [3.63, 3.8) is 0 Å². The van der Waals surface area contributed by atoms with Crippen LogP contribution in [-0.4, -0.2) is 39.4 Å². The van der Waals surface area contributed by atoms with Gasteiger partial charge in [0.25, 0.3) is 0 Å². The molecular weight excluding hydrogens is 506 g/mol. The van der Waals surface area contributed by atoms with Crippen molar-refractivity contribution in [1.29, 1.82) is 0 Å². The number of amides is 3. The second-order valence-corrected chi connectivity index (χ2v) is 12.8. The number of H-pyrrole nitrogens is 1. The van der Waals surface area contributed by atoms with E-state index < -0.39 is 5.92 Å². The van der Waals surface area contributed by atoms with E-state index >= 15 is 0 Å². The zero-order valence-electron chi connectivity index (χ0n) is 20.0. The lowest BCUT2D eigenvalue weighted by Crippen LogP contribution is -2.42. The molecule has 2 aliphatic heterocycles. The van der Waals surface area contributed by atoms with Gasteiger partial charge in [-0.2, -0.15) is 0 Å². The third kappa shape index (κ3) is 3.47. The lowest BCUT2D eigenvalue weighted by molar-refractivity contribution is -0.143. The number of carbonyl (C=O) groups excluding carboxylic acids is 3. The van der Waals surface area contributed by atoms with Crippen molar-refractivity contribution in [2.75, 3.05) is 11.9 Å². The summed E-state index contributed by atoms with van der Waals surface area (Å²) in [7, 11) is 0. The Morgan fingerprint density at radius 3 is 2.54 bits per heavy atom. The van der Waals surface area contributed by atoms with Crippen LogP contribution < -0.4 is 10.2 Å². The molecule has 3 heterocycles. The van der Waals surface area contributed by atoms with Gasteiger partial charge in [0.1, 0.15) is 6.54 Å². The van der Waals surface area contributed by atoms with Crippen LogP contribution in [0.25, 0.3) is 0 Å². The van der Waals surface area contributed by atoms with Crippen molar-refractivity contribution >= 4 is 46.5 Å². The number of benzene rings is 2. The van der Waals surface area contributed by atoms with Crippen molar-refractivity contribution in [1.82, 2.24) is 9.88 Å². The Morgan fingerprint density at radius 1 is 1.03 bits per heavy atom. The predicted octanol–water partition coefficient (Wildman–Crippen LogP) is 3.86. The number of fused-ring (bicyclic) bond motifs is 9. The standard InChI is InChI=1S/C28H25N3O4S2/c1-13-6-5-9-15(10-13)29-18(32)12-31-26(33)21-16-11-17(22(21)27(31)34)23-20(16)19(14-7-3-2-4-8-14)24-25(36-23)30-28(35)37-24/h2-10,16-17,19-23H,11-12H2,1H3,(H,29,32)(H,30,35)/t16-,17-,19+,20-,21+,22-,23+/m1/s1. The van der Waals surface area contributed by atoms with Gasteiger partial charge in [-0.1, -0.05) is 53.8 Å². The highest BCUT2D eigenvalue weighted by molar-refractivity contribution is 8.00. The highest BCUT2D eigenvalue weighted by atomic mass is 32.2. The van der Waals surface area contributed by atoms with E-state index in [1.807, 2.05) is 43.3 Å². The van der Waals surface area contributed by atoms with Crippen LogP contribution in [0, 0.1) is 36.5 Å². The molecule has 188 valence electrons. The minimum atomic E-state index is -0.394. The molecule has 1 aromatic heterocycles. The number of aromatic nitrogens is 1. The van der Waals surface area contributed by atoms with E-state index in [0.29, 0.717) is 5.69 Å². The molecule has 37 heavy (non-hydrogen) atoms. The third-order valence-corrected chi connectivity index (χ3v) is 11.2. The molecule has 2 aromatic carbocycles. The van der Waals surface area contributed by atoms with E-state index in [4.69, 9.17) is 0 Å². The van der Waals surface area contributed by atoms with E-state index in [2.05, 4.69) is 22.4 Å². The van der Waals surface area contributed by atoms with Crippen LogP contribution in [0.1, 0.15) is 28.3 Å². The molecule has 2 saturated carbocycles. The summed E-state index contributed by atoms with van der Waals surface area (Å²) in [6, 6.07) is 17.6. The van der Waals surface area contributed by atoms with Crippen molar-refractivity contribution in [3.8, 4) is 0 Å². The zero-order valence-corrected chi connectivity index (χ0v) is 21.7. The number of rotatable bonds is 4. The van der Waals surface area contributed by atoms with Crippen molar-refractivity contribution in [3.05, 3.63) is 80.3 Å². The number of anilines is 1. The fraction of sp³-hybridized carbons (Fsp3) is 0.357. The minimum Gasteiger partial charge on any atom is -0.325 e. The fourth-order valence-electron chi connectivity index (χ4n) is 7.33. The number of aromatic amines is 1. The molecule has 3 aromatic rings. The molecule has 7 rings (SSSR count). The van der Waals surface area contributed by atoms with Crippen molar-refractivity contribution in [2.45, 2.75) is 29.5 Å². The number of thioether (sulfide) groups is 1. The van der Waals surface area contributed by atoms with Crippen LogP contribution in [0.4, 0.5) is 5.69 Å². The SMILES string of the molecule is Cc1cccc(NC(=O)CN2C(=O)[C@@H]3[C@H]4C[C@@H]([C@@H]3C2=O)[C@@H]2[C@H](c3ccccc3)c3sc(=O)[nH]c3S[C@@H]42)c1. The van der Waals surface area contributed by atoms with Crippen LogP contribution in [0.3, 0.4) is 0 Å². The van der Waals surface area contributed by atoms with E-state index in [-0.39, 0.29) is 64.0 Å². The monoisotopic (exact) mass is 531 g/mol. The van der Waals surface area contributed by atoms with Gasteiger partial charge in [0.05, 0.1) is 16.9 Å². The van der Waals surface area contributed by atoms with Gasteiger partial charge in [-0.15, -0.1) is 11.8 Å². The van der Waals surface area contributed by atoms with Gasteiger partial charge in [-0.05, 0) is 54.4 Å². The Hall–Kier alpha value is -3.17. The number of hydrogen-bond acceptors (Lipinski definition) is 6. The normalized spacial score (nSPS) is 31.3. The van der Waals surface area contributed by atoms with E-state index in [1.165, 1.54) is 16.2 Å². The average molecular weight is 532 g/mol. The lowest BCUT2D eigenvalue weighted by Gasteiger charge is -2.43. The third-order valence-electron chi connectivity index (χ3n) is 8.58. The highest BCUT2D eigenvalue weighted by Crippen LogP contribution is 2.68. The average Bonchev–Trinajstić information content (AvgIpc) is 3.60. The molecule has 0 unspecified atom stereocenters. The van der Waals surface area contributed by atoms with E-state index in [9.17, 15) is 19.2 Å². The lowest BCUT2D eigenvalue weighted by atomic mass is 9.68. The number of hydrogen-bond donors (Lipinski definition) is 2. The molecule has 4 aliphatic rings. The van der Waals surface area contributed by atoms with Crippen LogP contribution in [0.15, 0.2) is 64.4 Å². The Balaban J connectivity index is 1.19. The number of thiazole rings is 1. The first-order valence-corrected chi connectivity index (χ1v) is 14.3. The molecular formula is C28H25N3O4S2. The second kappa shape index (κ2) is 8.43. The van der Waals surface area contributed by atoms with Gasteiger partial charge in [0.2, 0.25) is 17.7 Å². The molecule has 0 radical (unpaired) electrons. The molecule has 0 spiro atoms. The molecule has 2 N–H and O–H groups in total. The number of nitrogens with zero attached hydrogens (tertiary/aromatic N) is 1. The number of likely N-dealkylation sites (tertiary alicyclic amines) is 1. The van der Waals surface area contributed by atoms with E-state index in [1.54, 1.807) is 17.8 Å². The summed E-state index contributed by atoms with van der Waals surface area (Å²) in [5, 5.41) is 3.87. The smallest absolute Gasteiger partial charge is 0.305 e. The van der Waals surface area contributed by atoms with Crippen LogP contribution in [0.5, 0.6) is 0 Å². The summed E-state index contributed by atoms with van der Waals surface area (Å²) in [4.78, 5) is 57.5. The number of carbonyl (C=O) groups is 3. The molecule has 9 heteroatoms. The van der Waals surface area contributed by atoms with Crippen LogP contribution in [0.2, 0.25) is 0 Å². The Kier molecular flexibility index (Phi) is 5.23. The summed E-state index contributed by atoms with van der Waals surface area (Å²) in [6.07, 6.45) is 0.834. The zero-order chi connectivity index (χ0) is 25.4. The number of aryl methyl sites for hydroxylation is 1. The number of nitrogens with one attached hydrogen (secondary N) is 2. The van der Waals surface area contributed by atoms with Crippen molar-refractivity contribution < 1.29 is 14.4 Å². The first-order chi connectivity index (χ1) is 17.9. The summed E-state index contributed by atoms with van der Waals surface area (Å²) < 4.78 is 0. The fourth-order valence-corrected chi connectivity index (χ4v) is 10.2. The molecule has 1 saturated heterocycles. The van der Waals surface area contributed by atoms with Crippen molar-refractivity contribution in [2.24, 2.45) is 29.6 Å². The highest BCUT2D eigenvalue weighted by Gasteiger charge is 2.69. The van der Waals surface area contributed by atoms with Crippen LogP contribution >= 0.6 is 23.1 Å². The van der Waals surface area contributed by atoms with Gasteiger partial charge in [-0.25, -0.2) is 0 Å². The van der Waals surface area contributed by atoms with Gasteiger partial charge in [-0.3, -0.25) is 24.1 Å². The quantitative estimate of drug-likeness (QED) is 0.498. The maximum absolute atomic E-state index is 13.7. The van der Waals surface area contributed by atoms with Crippen LogP contribution in [-0.2, 0) is 14.4 Å². The summed E-state index contributed by atoms with van der Waals surface area (Å²) in [5.74, 6) is -1.31. The molecule has 2 aliphatic carbocycles. The maximum atomic E-state index is 13.7. The van der Waals surface area contributed by atoms with E-state index in [0.717, 1.165) is 27.5 Å². The Morgan fingerprint density at radius 2 is 1.78 bits per heavy atom. The molecule has 3 fully saturated rings. The first kappa shape index (κ1) is 23.0. The molecule has 3 amide bonds. The Labute approximate surface area is 221 Å². The van der Waals surface area contributed by atoms with Gasteiger partial charge < -0.3 is 10.3 Å². The Bertz CT molecular complexity index is 1500. The predicted molar refractivity (Wildman–Crippen MR) is 141 cm³/mol. The summed E-state index contributed by atoms with van der Waals surface area (Å²) in [5.41, 5.74) is 2.81. The topological polar surface area (TPSA) is 99.3 Å². The number of imide groups is 1. The molecule has 2 bridgehead atoms. The molecule has 7 atom stereocenters.